The Morgan fingerprint density at radius 1 is 1.25 bits per heavy atom. The van der Waals surface area contributed by atoms with Gasteiger partial charge in [0, 0.05) is 56.0 Å². The van der Waals surface area contributed by atoms with E-state index in [1.54, 1.807) is 13.0 Å². The smallest absolute Gasteiger partial charge is 0.273 e. The summed E-state index contributed by atoms with van der Waals surface area (Å²) < 4.78 is 4.91. The van der Waals surface area contributed by atoms with Crippen LogP contribution in [0.4, 0.5) is 5.69 Å². The molecule has 0 saturated carbocycles. The van der Waals surface area contributed by atoms with Crippen molar-refractivity contribution < 1.29 is 9.32 Å². The maximum absolute atomic E-state index is 11.9. The van der Waals surface area contributed by atoms with Crippen molar-refractivity contribution in [2.75, 3.05) is 44.2 Å². The summed E-state index contributed by atoms with van der Waals surface area (Å²) in [5.74, 6) is 0.449. The van der Waals surface area contributed by atoms with E-state index in [-0.39, 0.29) is 5.91 Å². The summed E-state index contributed by atoms with van der Waals surface area (Å²) in [5, 5.41) is 7.35. The number of nitrogens with one attached hydrogen (secondary N) is 1. The fourth-order valence-electron chi connectivity index (χ4n) is 2.77. The molecule has 1 aromatic carbocycles. The lowest BCUT2D eigenvalue weighted by Crippen LogP contribution is -2.48. The third kappa shape index (κ3) is 4.27. The lowest BCUT2D eigenvalue weighted by Gasteiger charge is -2.36. The minimum Gasteiger partial charge on any atom is -0.369 e. The highest BCUT2D eigenvalue weighted by molar-refractivity contribution is 6.30. The third-order valence-corrected chi connectivity index (χ3v) is 4.39. The number of halogens is 1. The summed E-state index contributed by atoms with van der Waals surface area (Å²) >= 11 is 5.93. The molecule has 0 unspecified atom stereocenters. The zero-order chi connectivity index (χ0) is 16.9. The number of hydrogen-bond acceptors (Lipinski definition) is 5. The number of amides is 1. The van der Waals surface area contributed by atoms with Crippen LogP contribution in [0.3, 0.4) is 0 Å². The van der Waals surface area contributed by atoms with Crippen molar-refractivity contribution in [2.24, 2.45) is 0 Å². The quantitative estimate of drug-likeness (QED) is 0.897. The summed E-state index contributed by atoms with van der Waals surface area (Å²) in [6, 6.07) is 9.59. The highest BCUT2D eigenvalue weighted by Crippen LogP contribution is 2.19. The molecule has 2 aromatic rings. The number of anilines is 1. The van der Waals surface area contributed by atoms with Crippen molar-refractivity contribution in [3.63, 3.8) is 0 Å². The first kappa shape index (κ1) is 16.8. The van der Waals surface area contributed by atoms with Gasteiger partial charge in [-0.1, -0.05) is 16.8 Å². The third-order valence-electron chi connectivity index (χ3n) is 4.14. The monoisotopic (exact) mass is 348 g/mol. The maximum atomic E-state index is 11.9. The fourth-order valence-corrected chi connectivity index (χ4v) is 2.90. The van der Waals surface area contributed by atoms with E-state index in [1.165, 1.54) is 5.69 Å². The van der Waals surface area contributed by atoms with Crippen LogP contribution in [0.2, 0.25) is 5.02 Å². The van der Waals surface area contributed by atoms with Crippen LogP contribution < -0.4 is 10.2 Å². The molecule has 6 nitrogen and oxygen atoms in total. The van der Waals surface area contributed by atoms with E-state index in [2.05, 4.69) is 32.4 Å². The van der Waals surface area contributed by atoms with Gasteiger partial charge in [-0.15, -0.1) is 0 Å². The highest BCUT2D eigenvalue weighted by Gasteiger charge is 2.17. The van der Waals surface area contributed by atoms with E-state index in [0.29, 0.717) is 18.0 Å². The van der Waals surface area contributed by atoms with Crippen LogP contribution in [-0.2, 0) is 0 Å². The summed E-state index contributed by atoms with van der Waals surface area (Å²) in [6.45, 7) is 7.09. The van der Waals surface area contributed by atoms with Crippen LogP contribution in [-0.4, -0.2) is 55.2 Å². The van der Waals surface area contributed by atoms with Gasteiger partial charge in [-0.25, -0.2) is 0 Å². The standard InChI is InChI=1S/C17H21ClN4O2/c1-13-12-16(20-24-13)17(23)19-6-7-21-8-10-22(11-9-21)15-4-2-14(18)3-5-15/h2-5,12H,6-11H2,1H3,(H,19,23). The Balaban J connectivity index is 1.39. The predicted molar refractivity (Wildman–Crippen MR) is 93.7 cm³/mol. The van der Waals surface area contributed by atoms with Crippen molar-refractivity contribution in [1.82, 2.24) is 15.4 Å². The predicted octanol–water partition coefficient (Wildman–Crippen LogP) is 2.19. The topological polar surface area (TPSA) is 61.6 Å². The van der Waals surface area contributed by atoms with Crippen LogP contribution in [0.5, 0.6) is 0 Å². The van der Waals surface area contributed by atoms with Gasteiger partial charge in [-0.05, 0) is 31.2 Å². The Hall–Kier alpha value is -2.05. The van der Waals surface area contributed by atoms with Crippen LogP contribution in [0.25, 0.3) is 0 Å². The largest absolute Gasteiger partial charge is 0.369 e. The molecule has 0 radical (unpaired) electrons. The molecule has 1 saturated heterocycles. The lowest BCUT2D eigenvalue weighted by molar-refractivity contribution is 0.0938. The molecule has 0 spiro atoms. The number of carbonyl (C=O) groups excluding carboxylic acids is 1. The zero-order valence-electron chi connectivity index (χ0n) is 13.7. The fraction of sp³-hybridized carbons (Fsp3) is 0.412. The Labute approximate surface area is 146 Å². The number of piperazine rings is 1. The molecule has 1 aromatic heterocycles. The van der Waals surface area contributed by atoms with Gasteiger partial charge in [0.05, 0.1) is 0 Å². The number of nitrogens with zero attached hydrogens (tertiary/aromatic N) is 3. The first-order chi connectivity index (χ1) is 11.6. The summed E-state index contributed by atoms with van der Waals surface area (Å²) in [4.78, 5) is 16.6. The Bertz CT molecular complexity index is 678. The Kier molecular flexibility index (Phi) is 5.37. The molecular formula is C17H21ClN4O2. The molecule has 1 amide bonds. The number of aromatic nitrogens is 1. The zero-order valence-corrected chi connectivity index (χ0v) is 14.4. The first-order valence-electron chi connectivity index (χ1n) is 8.06. The Morgan fingerprint density at radius 3 is 2.58 bits per heavy atom. The molecule has 0 atom stereocenters. The molecule has 1 N–H and O–H groups in total. The van der Waals surface area contributed by atoms with Crippen LogP contribution in [0, 0.1) is 6.92 Å². The van der Waals surface area contributed by atoms with Gasteiger partial charge in [-0.3, -0.25) is 9.69 Å². The van der Waals surface area contributed by atoms with E-state index in [9.17, 15) is 4.79 Å². The normalized spacial score (nSPS) is 15.5. The molecule has 1 aliphatic heterocycles. The van der Waals surface area contributed by atoms with Crippen LogP contribution >= 0.6 is 11.6 Å². The van der Waals surface area contributed by atoms with Crippen molar-refractivity contribution in [3.8, 4) is 0 Å². The molecular weight excluding hydrogens is 328 g/mol. The van der Waals surface area contributed by atoms with Gasteiger partial charge in [0.25, 0.3) is 5.91 Å². The number of rotatable bonds is 5. The number of hydrogen-bond donors (Lipinski definition) is 1. The minimum atomic E-state index is -0.188. The molecule has 1 aliphatic rings. The first-order valence-corrected chi connectivity index (χ1v) is 8.44. The second-order valence-electron chi connectivity index (χ2n) is 5.88. The van der Waals surface area contributed by atoms with E-state index in [4.69, 9.17) is 16.1 Å². The van der Waals surface area contributed by atoms with Crippen molar-refractivity contribution in [3.05, 3.63) is 46.8 Å². The molecule has 24 heavy (non-hydrogen) atoms. The molecule has 0 bridgehead atoms. The number of benzene rings is 1. The van der Waals surface area contributed by atoms with Gasteiger partial charge in [0.15, 0.2) is 5.69 Å². The van der Waals surface area contributed by atoms with Crippen molar-refractivity contribution >= 4 is 23.2 Å². The number of aryl methyl sites for hydroxylation is 1. The molecule has 3 rings (SSSR count). The SMILES string of the molecule is Cc1cc(C(=O)NCCN2CCN(c3ccc(Cl)cc3)CC2)no1. The van der Waals surface area contributed by atoms with Crippen molar-refractivity contribution in [1.29, 1.82) is 0 Å². The van der Waals surface area contributed by atoms with Crippen molar-refractivity contribution in [2.45, 2.75) is 6.92 Å². The van der Waals surface area contributed by atoms with Crippen LogP contribution in [0.15, 0.2) is 34.9 Å². The van der Waals surface area contributed by atoms with Gasteiger partial charge in [0.2, 0.25) is 0 Å². The van der Waals surface area contributed by atoms with E-state index >= 15 is 0 Å². The molecule has 0 aliphatic carbocycles. The summed E-state index contributed by atoms with van der Waals surface area (Å²) in [7, 11) is 0. The second-order valence-corrected chi connectivity index (χ2v) is 6.32. The van der Waals surface area contributed by atoms with E-state index in [0.717, 1.165) is 37.7 Å². The molecule has 1 fully saturated rings. The average molecular weight is 349 g/mol. The highest BCUT2D eigenvalue weighted by atomic mass is 35.5. The minimum absolute atomic E-state index is 0.188. The Morgan fingerprint density at radius 2 is 1.96 bits per heavy atom. The number of carbonyl (C=O) groups is 1. The van der Waals surface area contributed by atoms with Gasteiger partial charge in [0.1, 0.15) is 5.76 Å². The van der Waals surface area contributed by atoms with E-state index < -0.39 is 0 Å². The summed E-state index contributed by atoms with van der Waals surface area (Å²) in [5.41, 5.74) is 1.54. The lowest BCUT2D eigenvalue weighted by atomic mass is 10.2. The van der Waals surface area contributed by atoms with Crippen LogP contribution in [0.1, 0.15) is 16.2 Å². The molecule has 7 heteroatoms. The van der Waals surface area contributed by atoms with Gasteiger partial charge < -0.3 is 14.7 Å². The van der Waals surface area contributed by atoms with Gasteiger partial charge in [-0.2, -0.15) is 0 Å². The molecule has 2 heterocycles. The van der Waals surface area contributed by atoms with E-state index in [1.807, 2.05) is 12.1 Å². The summed E-state index contributed by atoms with van der Waals surface area (Å²) in [6.07, 6.45) is 0. The molecule has 128 valence electrons. The average Bonchev–Trinajstić information content (AvgIpc) is 3.03. The van der Waals surface area contributed by atoms with Gasteiger partial charge >= 0.3 is 0 Å². The second kappa shape index (κ2) is 7.68. The maximum Gasteiger partial charge on any atom is 0.273 e.